The molecule has 0 aliphatic heterocycles. The second-order valence-corrected chi connectivity index (χ2v) is 5.14. The summed E-state index contributed by atoms with van der Waals surface area (Å²) >= 11 is 3.40. The van der Waals surface area contributed by atoms with E-state index in [0.29, 0.717) is 12.8 Å². The Morgan fingerprint density at radius 2 is 2.05 bits per heavy atom. The number of hydrogen-bond donors (Lipinski definition) is 1. The molecule has 0 aliphatic rings. The number of esters is 1. The quantitative estimate of drug-likeness (QED) is 0.803. The zero-order chi connectivity index (χ0) is 15.1. The highest BCUT2D eigenvalue weighted by molar-refractivity contribution is 9.10. The molecule has 0 saturated heterocycles. The summed E-state index contributed by atoms with van der Waals surface area (Å²) < 4.78 is 10.5. The van der Waals surface area contributed by atoms with Gasteiger partial charge in [-0.15, -0.1) is 0 Å². The van der Waals surface area contributed by atoms with E-state index in [4.69, 9.17) is 4.74 Å². The van der Waals surface area contributed by atoms with E-state index in [9.17, 15) is 9.59 Å². The molecule has 1 N–H and O–H groups in total. The maximum Gasteiger partial charge on any atom is 0.328 e. The normalized spacial score (nSPS) is 11.6. The SMILES string of the molecule is COC(=O)C(C)NC(=O)CCc1ccc(OC)c(Br)c1. The molecule has 0 fully saturated rings. The third kappa shape index (κ3) is 4.85. The van der Waals surface area contributed by atoms with E-state index in [1.54, 1.807) is 14.0 Å². The molecule has 6 heteroatoms. The van der Waals surface area contributed by atoms with Crippen molar-refractivity contribution in [1.82, 2.24) is 5.32 Å². The number of carbonyl (C=O) groups is 2. The topological polar surface area (TPSA) is 64.6 Å². The lowest BCUT2D eigenvalue weighted by molar-refractivity contribution is -0.144. The second kappa shape index (κ2) is 7.89. The Bertz CT molecular complexity index is 490. The van der Waals surface area contributed by atoms with Crippen LogP contribution in [0.15, 0.2) is 22.7 Å². The Labute approximate surface area is 126 Å². The van der Waals surface area contributed by atoms with Crippen LogP contribution in [0.4, 0.5) is 0 Å². The maximum absolute atomic E-state index is 11.7. The van der Waals surface area contributed by atoms with Gasteiger partial charge in [0.2, 0.25) is 5.91 Å². The van der Waals surface area contributed by atoms with Crippen LogP contribution in [0, 0.1) is 0 Å². The van der Waals surface area contributed by atoms with Crippen molar-refractivity contribution in [2.45, 2.75) is 25.8 Å². The lowest BCUT2D eigenvalue weighted by Crippen LogP contribution is -2.39. The molecule has 0 spiro atoms. The minimum absolute atomic E-state index is 0.185. The summed E-state index contributed by atoms with van der Waals surface area (Å²) in [4.78, 5) is 22.9. The number of amides is 1. The van der Waals surface area contributed by atoms with Gasteiger partial charge in [-0.05, 0) is 47.0 Å². The molecule has 1 amide bonds. The summed E-state index contributed by atoms with van der Waals surface area (Å²) in [6.45, 7) is 1.59. The fourth-order valence-electron chi connectivity index (χ4n) is 1.67. The number of nitrogens with one attached hydrogen (secondary N) is 1. The smallest absolute Gasteiger partial charge is 0.328 e. The van der Waals surface area contributed by atoms with Crippen molar-refractivity contribution in [2.75, 3.05) is 14.2 Å². The minimum Gasteiger partial charge on any atom is -0.496 e. The van der Waals surface area contributed by atoms with Gasteiger partial charge < -0.3 is 14.8 Å². The van der Waals surface area contributed by atoms with Crippen LogP contribution >= 0.6 is 15.9 Å². The number of halogens is 1. The first-order valence-corrected chi connectivity index (χ1v) is 6.96. The van der Waals surface area contributed by atoms with E-state index >= 15 is 0 Å². The van der Waals surface area contributed by atoms with E-state index in [0.717, 1.165) is 15.8 Å². The van der Waals surface area contributed by atoms with Crippen molar-refractivity contribution in [2.24, 2.45) is 0 Å². The highest BCUT2D eigenvalue weighted by atomic mass is 79.9. The largest absolute Gasteiger partial charge is 0.496 e. The zero-order valence-corrected chi connectivity index (χ0v) is 13.3. The Morgan fingerprint density at radius 1 is 1.35 bits per heavy atom. The lowest BCUT2D eigenvalue weighted by Gasteiger charge is -2.11. The van der Waals surface area contributed by atoms with Gasteiger partial charge in [0.1, 0.15) is 11.8 Å². The van der Waals surface area contributed by atoms with Gasteiger partial charge in [0.05, 0.1) is 18.7 Å². The molecule has 1 rings (SSSR count). The lowest BCUT2D eigenvalue weighted by atomic mass is 10.1. The number of rotatable bonds is 6. The van der Waals surface area contributed by atoms with Gasteiger partial charge in [0.25, 0.3) is 0 Å². The molecule has 0 aliphatic carbocycles. The first-order valence-electron chi connectivity index (χ1n) is 6.17. The molecule has 20 heavy (non-hydrogen) atoms. The number of methoxy groups -OCH3 is 2. The average Bonchev–Trinajstić information content (AvgIpc) is 2.44. The van der Waals surface area contributed by atoms with Crippen molar-refractivity contribution >= 4 is 27.8 Å². The summed E-state index contributed by atoms with van der Waals surface area (Å²) in [6.07, 6.45) is 0.891. The fraction of sp³-hybridized carbons (Fsp3) is 0.429. The van der Waals surface area contributed by atoms with Crippen molar-refractivity contribution in [1.29, 1.82) is 0 Å². The third-order valence-electron chi connectivity index (χ3n) is 2.79. The molecular weight excluding hydrogens is 326 g/mol. The molecule has 1 aromatic rings. The Kier molecular flexibility index (Phi) is 6.51. The third-order valence-corrected chi connectivity index (χ3v) is 3.41. The van der Waals surface area contributed by atoms with Gasteiger partial charge in [-0.25, -0.2) is 4.79 Å². The van der Waals surface area contributed by atoms with Crippen LogP contribution in [0.3, 0.4) is 0 Å². The Balaban J connectivity index is 2.49. The molecule has 0 heterocycles. The first-order chi connectivity index (χ1) is 9.47. The molecule has 0 saturated carbocycles. The van der Waals surface area contributed by atoms with E-state index in [1.165, 1.54) is 7.11 Å². The van der Waals surface area contributed by atoms with Crippen LogP contribution in [-0.2, 0) is 20.7 Å². The molecule has 0 bridgehead atoms. The van der Waals surface area contributed by atoms with Crippen molar-refractivity contribution in [3.05, 3.63) is 28.2 Å². The molecular formula is C14H18BrNO4. The average molecular weight is 344 g/mol. The molecule has 110 valence electrons. The van der Waals surface area contributed by atoms with Crippen LogP contribution in [0.25, 0.3) is 0 Å². The molecule has 0 radical (unpaired) electrons. The number of carbonyl (C=O) groups excluding carboxylic acids is 2. The second-order valence-electron chi connectivity index (χ2n) is 4.28. The Hall–Kier alpha value is -1.56. The summed E-state index contributed by atoms with van der Waals surface area (Å²) in [5.41, 5.74) is 1.01. The van der Waals surface area contributed by atoms with E-state index in [2.05, 4.69) is 26.0 Å². The highest BCUT2D eigenvalue weighted by Crippen LogP contribution is 2.25. The minimum atomic E-state index is -0.630. The van der Waals surface area contributed by atoms with Crippen molar-refractivity contribution in [3.63, 3.8) is 0 Å². The Morgan fingerprint density at radius 3 is 2.60 bits per heavy atom. The zero-order valence-electron chi connectivity index (χ0n) is 11.7. The number of hydrogen-bond acceptors (Lipinski definition) is 4. The van der Waals surface area contributed by atoms with Crippen LogP contribution in [-0.4, -0.2) is 32.1 Å². The highest BCUT2D eigenvalue weighted by Gasteiger charge is 2.15. The maximum atomic E-state index is 11.7. The molecule has 1 atom stereocenters. The molecule has 1 unspecified atom stereocenters. The van der Waals surface area contributed by atoms with Crippen molar-refractivity contribution < 1.29 is 19.1 Å². The van der Waals surface area contributed by atoms with Gasteiger partial charge in [0, 0.05) is 6.42 Å². The van der Waals surface area contributed by atoms with Gasteiger partial charge in [-0.2, -0.15) is 0 Å². The van der Waals surface area contributed by atoms with E-state index in [1.807, 2.05) is 18.2 Å². The fourth-order valence-corrected chi connectivity index (χ4v) is 2.26. The van der Waals surface area contributed by atoms with Gasteiger partial charge in [0.15, 0.2) is 0 Å². The van der Waals surface area contributed by atoms with Crippen LogP contribution < -0.4 is 10.1 Å². The molecule has 0 aromatic heterocycles. The first kappa shape index (κ1) is 16.5. The standard InChI is InChI=1S/C14H18BrNO4/c1-9(14(18)20-3)16-13(17)7-5-10-4-6-12(19-2)11(15)8-10/h4,6,8-9H,5,7H2,1-3H3,(H,16,17). The summed E-state index contributed by atoms with van der Waals surface area (Å²) in [5, 5.41) is 2.59. The van der Waals surface area contributed by atoms with Crippen molar-refractivity contribution in [3.8, 4) is 5.75 Å². The van der Waals surface area contributed by atoms with E-state index < -0.39 is 12.0 Å². The van der Waals surface area contributed by atoms with Crippen LogP contribution in [0.5, 0.6) is 5.75 Å². The number of aryl methyl sites for hydroxylation is 1. The van der Waals surface area contributed by atoms with E-state index in [-0.39, 0.29) is 5.91 Å². The summed E-state index contributed by atoms with van der Waals surface area (Å²) in [6, 6.07) is 5.03. The number of benzene rings is 1. The molecule has 5 nitrogen and oxygen atoms in total. The van der Waals surface area contributed by atoms with Crippen LogP contribution in [0.2, 0.25) is 0 Å². The van der Waals surface area contributed by atoms with Gasteiger partial charge in [-0.3, -0.25) is 4.79 Å². The predicted octanol–water partition coefficient (Wildman–Crippen LogP) is 2.07. The predicted molar refractivity (Wildman–Crippen MR) is 78.6 cm³/mol. The van der Waals surface area contributed by atoms with Crippen LogP contribution in [0.1, 0.15) is 18.9 Å². The number of ether oxygens (including phenoxy) is 2. The molecule has 1 aromatic carbocycles. The monoisotopic (exact) mass is 343 g/mol. The summed E-state index contributed by atoms with van der Waals surface area (Å²) in [5.74, 6) is 0.109. The van der Waals surface area contributed by atoms with Gasteiger partial charge >= 0.3 is 5.97 Å². The van der Waals surface area contributed by atoms with Gasteiger partial charge in [-0.1, -0.05) is 6.07 Å². The summed E-state index contributed by atoms with van der Waals surface area (Å²) in [7, 11) is 2.89.